The minimum Gasteiger partial charge on any atom is -0.483 e. The highest BCUT2D eigenvalue weighted by molar-refractivity contribution is 5.68. The lowest BCUT2D eigenvalue weighted by atomic mass is 9.63. The van der Waals surface area contributed by atoms with Crippen LogP contribution in [0.15, 0.2) is 39.8 Å². The molecule has 1 saturated carbocycles. The van der Waals surface area contributed by atoms with Crippen molar-refractivity contribution in [2.24, 2.45) is 11.8 Å². The molecular weight excluding hydrogens is 482 g/mol. The van der Waals surface area contributed by atoms with Gasteiger partial charge in [0, 0.05) is 56.6 Å². The molecule has 10 heteroatoms. The summed E-state index contributed by atoms with van der Waals surface area (Å²) in [5, 5.41) is 0. The van der Waals surface area contributed by atoms with Crippen LogP contribution in [0.3, 0.4) is 0 Å². The summed E-state index contributed by atoms with van der Waals surface area (Å²) < 4.78 is 28.7. The predicted molar refractivity (Wildman–Crippen MR) is 130 cm³/mol. The van der Waals surface area contributed by atoms with Crippen molar-refractivity contribution in [3.63, 3.8) is 0 Å². The smallest absolute Gasteiger partial charge is 0.343 e. The average molecular weight is 514 g/mol. The van der Waals surface area contributed by atoms with Gasteiger partial charge in [0.25, 0.3) is 0 Å². The highest BCUT2D eigenvalue weighted by Crippen LogP contribution is 2.50. The van der Waals surface area contributed by atoms with E-state index in [0.29, 0.717) is 41.9 Å². The van der Waals surface area contributed by atoms with Crippen LogP contribution in [-0.2, 0) is 35.0 Å². The van der Waals surface area contributed by atoms with Crippen LogP contribution in [0.2, 0.25) is 0 Å². The Kier molecular flexibility index (Phi) is 7.12. The van der Waals surface area contributed by atoms with Crippen LogP contribution < -0.4 is 10.4 Å². The molecule has 1 aliphatic heterocycles. The quantitative estimate of drug-likeness (QED) is 0.419. The van der Waals surface area contributed by atoms with Crippen LogP contribution in [-0.4, -0.2) is 46.8 Å². The molecule has 2 aliphatic rings. The zero-order valence-corrected chi connectivity index (χ0v) is 21.6. The molecule has 2 aromatic rings. The maximum atomic E-state index is 13.0. The zero-order valence-electron chi connectivity index (χ0n) is 21.6. The summed E-state index contributed by atoms with van der Waals surface area (Å²) in [7, 11) is 0. The maximum absolute atomic E-state index is 13.0. The molecule has 37 heavy (non-hydrogen) atoms. The molecule has 0 spiro atoms. The molecule has 0 saturated heterocycles. The Morgan fingerprint density at radius 2 is 1.92 bits per heavy atom. The largest absolute Gasteiger partial charge is 0.483 e. The van der Waals surface area contributed by atoms with E-state index in [9.17, 15) is 19.2 Å². The van der Waals surface area contributed by atoms with Crippen LogP contribution in [0.4, 0.5) is 0 Å². The molecule has 3 heterocycles. The number of fused-ring (bicyclic) bond motifs is 2. The first-order valence-electron chi connectivity index (χ1n) is 12.2. The Morgan fingerprint density at radius 1 is 1.16 bits per heavy atom. The molecule has 0 aromatic carbocycles. The van der Waals surface area contributed by atoms with Gasteiger partial charge in [-0.2, -0.15) is 0 Å². The van der Waals surface area contributed by atoms with Gasteiger partial charge in [0.15, 0.2) is 0 Å². The SMILES string of the molecule is CC(=O)OCC(C)(OC(C)=O)[C@H]1CC2Cc3c(cc(-c4cccnc4)oc3=O)O[C@]2(C)[C@@H](OC(C)=O)C1. The van der Waals surface area contributed by atoms with Gasteiger partial charge >= 0.3 is 23.5 Å². The van der Waals surface area contributed by atoms with E-state index in [1.807, 2.05) is 6.92 Å². The molecule has 0 N–H and O–H groups in total. The lowest BCUT2D eigenvalue weighted by Gasteiger charge is -2.53. The molecule has 2 unspecified atom stereocenters. The van der Waals surface area contributed by atoms with Crippen molar-refractivity contribution < 1.29 is 37.7 Å². The van der Waals surface area contributed by atoms with Crippen molar-refractivity contribution in [3.05, 3.63) is 46.6 Å². The molecule has 198 valence electrons. The van der Waals surface area contributed by atoms with Crippen LogP contribution >= 0.6 is 0 Å². The fraction of sp³-hybridized carbons (Fsp3) is 0.519. The molecule has 5 atom stereocenters. The second-order valence-electron chi connectivity index (χ2n) is 10.1. The number of nitrogens with zero attached hydrogens (tertiary/aromatic N) is 1. The van der Waals surface area contributed by atoms with Crippen molar-refractivity contribution in [3.8, 4) is 17.1 Å². The van der Waals surface area contributed by atoms with Gasteiger partial charge in [0.1, 0.15) is 35.4 Å². The minimum absolute atomic E-state index is 0.156. The lowest BCUT2D eigenvalue weighted by molar-refractivity contribution is -0.203. The minimum atomic E-state index is -1.17. The Bertz CT molecular complexity index is 1260. The van der Waals surface area contributed by atoms with Gasteiger partial charge in [-0.05, 0) is 45.2 Å². The summed E-state index contributed by atoms with van der Waals surface area (Å²) in [6.45, 7) is 7.28. The Hall–Kier alpha value is -3.69. The summed E-state index contributed by atoms with van der Waals surface area (Å²) in [6, 6.07) is 5.17. The predicted octanol–water partition coefficient (Wildman–Crippen LogP) is 3.24. The molecule has 1 fully saturated rings. The number of aromatic nitrogens is 1. The Labute approximate surface area is 214 Å². The first-order valence-corrected chi connectivity index (χ1v) is 12.2. The van der Waals surface area contributed by atoms with Gasteiger partial charge in [-0.3, -0.25) is 19.4 Å². The van der Waals surface area contributed by atoms with Gasteiger partial charge in [0.2, 0.25) is 0 Å². The third kappa shape index (κ3) is 5.38. The lowest BCUT2D eigenvalue weighted by Crippen LogP contribution is -2.62. The van der Waals surface area contributed by atoms with E-state index in [4.69, 9.17) is 23.4 Å². The fourth-order valence-electron chi connectivity index (χ4n) is 5.44. The average Bonchev–Trinajstić information content (AvgIpc) is 2.82. The van der Waals surface area contributed by atoms with E-state index in [1.165, 1.54) is 20.8 Å². The number of carbonyl (C=O) groups excluding carboxylic acids is 3. The highest BCUT2D eigenvalue weighted by Gasteiger charge is 2.57. The summed E-state index contributed by atoms with van der Waals surface area (Å²) in [5.74, 6) is -1.48. The van der Waals surface area contributed by atoms with Gasteiger partial charge < -0.3 is 23.4 Å². The molecule has 2 aromatic heterocycles. The van der Waals surface area contributed by atoms with Crippen molar-refractivity contribution in [1.82, 2.24) is 4.98 Å². The summed E-state index contributed by atoms with van der Waals surface area (Å²) >= 11 is 0. The number of hydrogen-bond acceptors (Lipinski definition) is 10. The van der Waals surface area contributed by atoms with E-state index >= 15 is 0 Å². The van der Waals surface area contributed by atoms with Gasteiger partial charge in [-0.25, -0.2) is 4.79 Å². The zero-order chi connectivity index (χ0) is 27.0. The monoisotopic (exact) mass is 513 g/mol. The molecule has 0 amide bonds. The van der Waals surface area contributed by atoms with Crippen LogP contribution in [0.5, 0.6) is 5.75 Å². The van der Waals surface area contributed by atoms with Gasteiger partial charge in [-0.1, -0.05) is 0 Å². The number of carbonyl (C=O) groups is 3. The van der Waals surface area contributed by atoms with Gasteiger partial charge in [0.05, 0.1) is 5.56 Å². The molecule has 1 aliphatic carbocycles. The third-order valence-corrected chi connectivity index (χ3v) is 7.36. The van der Waals surface area contributed by atoms with Crippen molar-refractivity contribution in [1.29, 1.82) is 0 Å². The van der Waals surface area contributed by atoms with Crippen molar-refractivity contribution >= 4 is 17.9 Å². The van der Waals surface area contributed by atoms with E-state index < -0.39 is 40.8 Å². The first-order chi connectivity index (χ1) is 17.4. The number of pyridine rings is 1. The standard InChI is InChI=1S/C27H31NO9/c1-15(29)33-14-26(4,36-17(3)31)19-9-20-10-21-23(37-27(20,5)24(11-19)34-16(2)30)12-22(35-25(21)32)18-7-6-8-28-13-18/h6-8,12-13,19-20,24H,9-11,14H2,1-5H3/t19-,20?,24-,26?,27-/m0/s1. The Morgan fingerprint density at radius 3 is 2.54 bits per heavy atom. The van der Waals surface area contributed by atoms with E-state index in [1.54, 1.807) is 37.5 Å². The number of hydrogen-bond donors (Lipinski definition) is 0. The summed E-state index contributed by atoms with van der Waals surface area (Å²) in [5.41, 5.74) is -1.65. The normalized spacial score (nSPS) is 25.9. The van der Waals surface area contributed by atoms with Crippen LogP contribution in [0.25, 0.3) is 11.3 Å². The summed E-state index contributed by atoms with van der Waals surface area (Å²) in [6.07, 6.45) is 3.55. The molecule has 10 nitrogen and oxygen atoms in total. The van der Waals surface area contributed by atoms with Crippen molar-refractivity contribution in [2.45, 2.75) is 71.2 Å². The van der Waals surface area contributed by atoms with Gasteiger partial charge in [-0.15, -0.1) is 0 Å². The molecule has 4 rings (SSSR count). The van der Waals surface area contributed by atoms with Crippen LogP contribution in [0, 0.1) is 11.8 Å². The Balaban J connectivity index is 1.73. The fourth-order valence-corrected chi connectivity index (χ4v) is 5.44. The molecule has 0 radical (unpaired) electrons. The van der Waals surface area contributed by atoms with Crippen LogP contribution in [0.1, 0.15) is 53.0 Å². The highest BCUT2D eigenvalue weighted by atomic mass is 16.6. The number of rotatable bonds is 6. The van der Waals surface area contributed by atoms with E-state index in [0.717, 1.165) is 0 Å². The molecule has 0 bridgehead atoms. The second-order valence-corrected chi connectivity index (χ2v) is 10.1. The van der Waals surface area contributed by atoms with E-state index in [2.05, 4.69) is 4.98 Å². The number of ether oxygens (including phenoxy) is 4. The second kappa shape index (κ2) is 9.99. The topological polar surface area (TPSA) is 131 Å². The number of esters is 3. The summed E-state index contributed by atoms with van der Waals surface area (Å²) in [4.78, 5) is 52.7. The maximum Gasteiger partial charge on any atom is 0.343 e. The molecular formula is C27H31NO9. The van der Waals surface area contributed by atoms with Crippen molar-refractivity contribution in [2.75, 3.05) is 6.61 Å². The first kappa shape index (κ1) is 26.4. The third-order valence-electron chi connectivity index (χ3n) is 7.36. The van der Waals surface area contributed by atoms with E-state index in [-0.39, 0.29) is 18.4 Å².